The van der Waals surface area contributed by atoms with E-state index < -0.39 is 17.9 Å². The Morgan fingerprint density at radius 2 is 2.03 bits per heavy atom. The van der Waals surface area contributed by atoms with Gasteiger partial charge in [-0.05, 0) is 30.3 Å². The summed E-state index contributed by atoms with van der Waals surface area (Å²) in [4.78, 5) is 29.7. The molecule has 186 valence electrons. The lowest BCUT2D eigenvalue weighted by Crippen LogP contribution is -2.21. The number of ether oxygens (including phenoxy) is 1. The number of aromatic nitrogens is 4. The Balaban J connectivity index is 1.60. The van der Waals surface area contributed by atoms with Crippen LogP contribution in [-0.2, 0) is 12.8 Å². The molecule has 0 fully saturated rings. The van der Waals surface area contributed by atoms with E-state index in [1.54, 1.807) is 18.3 Å². The highest BCUT2D eigenvalue weighted by Crippen LogP contribution is 2.36. The maximum atomic E-state index is 13.4. The summed E-state index contributed by atoms with van der Waals surface area (Å²) in [6.07, 6.45) is 0.238. The monoisotopic (exact) mass is 549 g/mol. The highest BCUT2D eigenvalue weighted by molar-refractivity contribution is 8.00. The molecule has 0 unspecified atom stereocenters. The number of amides is 1. The van der Waals surface area contributed by atoms with Gasteiger partial charge >= 0.3 is 0 Å². The molecule has 8 nitrogen and oxygen atoms in total. The number of hydrogen-bond acceptors (Lipinski definition) is 8. The zero-order valence-electron chi connectivity index (χ0n) is 18.9. The third-order valence-corrected chi connectivity index (χ3v) is 7.23. The fraction of sp³-hybridized carbons (Fsp3) is 0.174. The molecule has 0 aliphatic heterocycles. The van der Waals surface area contributed by atoms with Crippen molar-refractivity contribution in [2.45, 2.75) is 16.5 Å². The molecule has 0 spiro atoms. The number of anilines is 1. The molecule has 0 bridgehead atoms. The van der Waals surface area contributed by atoms with Gasteiger partial charge in [-0.25, -0.2) is 8.78 Å². The smallest absolute Gasteiger partial charge is 0.263 e. The van der Waals surface area contributed by atoms with E-state index in [-0.39, 0.29) is 33.1 Å². The molecular formula is C23H18ClF2N5O3S2. The minimum absolute atomic E-state index is 0.0161. The Bertz CT molecular complexity index is 1460. The minimum atomic E-state index is -2.72. The molecule has 4 aromatic rings. The van der Waals surface area contributed by atoms with Crippen molar-refractivity contribution in [1.82, 2.24) is 19.7 Å². The van der Waals surface area contributed by atoms with Gasteiger partial charge in [0.1, 0.15) is 5.75 Å². The summed E-state index contributed by atoms with van der Waals surface area (Å²) in [5, 5.41) is 11.4. The van der Waals surface area contributed by atoms with Crippen LogP contribution in [0.3, 0.4) is 0 Å². The molecule has 1 amide bonds. The van der Waals surface area contributed by atoms with Crippen molar-refractivity contribution in [2.24, 2.45) is 7.05 Å². The molecule has 13 heteroatoms. The molecule has 36 heavy (non-hydrogen) atoms. The lowest BCUT2D eigenvalue weighted by atomic mass is 9.98. The number of aryl methyl sites for hydroxylation is 1. The van der Waals surface area contributed by atoms with E-state index in [1.807, 2.05) is 0 Å². The van der Waals surface area contributed by atoms with E-state index in [9.17, 15) is 18.4 Å². The number of benzene rings is 1. The van der Waals surface area contributed by atoms with Crippen molar-refractivity contribution >= 4 is 45.7 Å². The van der Waals surface area contributed by atoms with Gasteiger partial charge in [0.05, 0.1) is 23.4 Å². The van der Waals surface area contributed by atoms with Gasteiger partial charge in [0.2, 0.25) is 5.13 Å². The Labute approximate surface area is 217 Å². The van der Waals surface area contributed by atoms with Gasteiger partial charge < -0.3 is 9.30 Å². The van der Waals surface area contributed by atoms with Crippen LogP contribution in [0, 0.1) is 0 Å². The van der Waals surface area contributed by atoms with Crippen LogP contribution < -0.4 is 15.6 Å². The number of hydrogen-bond donors (Lipinski definition) is 1. The van der Waals surface area contributed by atoms with Gasteiger partial charge in [0.15, 0.2) is 4.34 Å². The Morgan fingerprint density at radius 1 is 1.22 bits per heavy atom. The van der Waals surface area contributed by atoms with Crippen LogP contribution in [0.25, 0.3) is 11.1 Å². The average molecular weight is 550 g/mol. The molecule has 0 aliphatic rings. The molecule has 0 aliphatic carbocycles. The summed E-state index contributed by atoms with van der Waals surface area (Å²) >= 11 is 8.38. The zero-order chi connectivity index (χ0) is 25.8. The fourth-order valence-corrected chi connectivity index (χ4v) is 4.99. The average Bonchev–Trinajstić information content (AvgIpc) is 3.31. The van der Waals surface area contributed by atoms with Gasteiger partial charge in [-0.15, -0.1) is 10.2 Å². The van der Waals surface area contributed by atoms with Crippen LogP contribution in [0.5, 0.6) is 5.75 Å². The Hall–Kier alpha value is -3.35. The number of methoxy groups -OCH3 is 1. The van der Waals surface area contributed by atoms with Crippen LogP contribution in [0.2, 0.25) is 5.02 Å². The van der Waals surface area contributed by atoms with Gasteiger partial charge in [-0.2, -0.15) is 0 Å². The van der Waals surface area contributed by atoms with Crippen molar-refractivity contribution in [3.05, 3.63) is 81.0 Å². The second kappa shape index (κ2) is 11.1. The first-order valence-electron chi connectivity index (χ1n) is 10.3. The molecular weight excluding hydrogens is 532 g/mol. The number of carbonyl (C=O) groups is 1. The number of nitrogens with one attached hydrogen (secondary N) is 1. The number of alkyl halides is 2. The summed E-state index contributed by atoms with van der Waals surface area (Å²) in [6, 6.07) is 8.56. The first-order chi connectivity index (χ1) is 17.2. The van der Waals surface area contributed by atoms with Crippen molar-refractivity contribution in [3.63, 3.8) is 0 Å². The summed E-state index contributed by atoms with van der Waals surface area (Å²) in [7, 11) is 2.89. The van der Waals surface area contributed by atoms with Crippen molar-refractivity contribution in [1.29, 1.82) is 0 Å². The molecule has 0 saturated carbocycles. The third kappa shape index (κ3) is 5.89. The lowest BCUT2D eigenvalue weighted by molar-refractivity contribution is 0.102. The number of halogens is 3. The Morgan fingerprint density at radius 3 is 2.72 bits per heavy atom. The Kier molecular flexibility index (Phi) is 7.97. The van der Waals surface area contributed by atoms with E-state index in [0.29, 0.717) is 15.1 Å². The molecule has 0 atom stereocenters. The molecule has 1 N–H and O–H groups in total. The first kappa shape index (κ1) is 25.7. The van der Waals surface area contributed by atoms with Crippen molar-refractivity contribution in [3.8, 4) is 16.9 Å². The van der Waals surface area contributed by atoms with Crippen LogP contribution in [0.1, 0.15) is 28.0 Å². The quantitative estimate of drug-likeness (QED) is 0.231. The van der Waals surface area contributed by atoms with Gasteiger partial charge in [0, 0.05) is 48.0 Å². The fourth-order valence-electron chi connectivity index (χ4n) is 3.21. The van der Waals surface area contributed by atoms with Crippen LogP contribution >= 0.6 is 34.7 Å². The van der Waals surface area contributed by atoms with Gasteiger partial charge in [-0.1, -0.05) is 34.7 Å². The molecule has 3 heterocycles. The van der Waals surface area contributed by atoms with E-state index >= 15 is 0 Å². The molecule has 0 radical (unpaired) electrons. The largest absolute Gasteiger partial charge is 0.496 e. The topological polar surface area (TPSA) is 99.0 Å². The summed E-state index contributed by atoms with van der Waals surface area (Å²) in [5.41, 5.74) is 0.596. The second-order valence-electron chi connectivity index (χ2n) is 7.39. The standard InChI is InChI=1S/C23H18ClF2N5O3S2/c1-31-10-17(15-7-12(20(25)26)3-6-18(15)34-2)16(8-19(31)32)21(33)28-22-29-30-23(36-22)35-11-14-5-4-13(24)9-27-14/h3-10,20H,11H2,1-2H3,(H,28,29,33). The first-order valence-corrected chi connectivity index (χ1v) is 12.5. The second-order valence-corrected chi connectivity index (χ2v) is 10.0. The third-order valence-electron chi connectivity index (χ3n) is 5.00. The summed E-state index contributed by atoms with van der Waals surface area (Å²) in [6.45, 7) is 0. The number of carbonyl (C=O) groups excluding carboxylic acids is 1. The van der Waals surface area contributed by atoms with Crippen molar-refractivity contribution in [2.75, 3.05) is 12.4 Å². The van der Waals surface area contributed by atoms with Crippen LogP contribution in [0.15, 0.2) is 57.9 Å². The van der Waals surface area contributed by atoms with Crippen molar-refractivity contribution < 1.29 is 18.3 Å². The number of rotatable bonds is 8. The highest BCUT2D eigenvalue weighted by atomic mass is 35.5. The maximum absolute atomic E-state index is 13.4. The van der Waals surface area contributed by atoms with Gasteiger partial charge in [0.25, 0.3) is 17.9 Å². The SMILES string of the molecule is COc1ccc(C(F)F)cc1-c1cn(C)c(=O)cc1C(=O)Nc1nnc(SCc2ccc(Cl)cn2)s1. The predicted molar refractivity (Wildman–Crippen MR) is 135 cm³/mol. The van der Waals surface area contributed by atoms with E-state index in [2.05, 4.69) is 20.5 Å². The van der Waals surface area contributed by atoms with Gasteiger partial charge in [-0.3, -0.25) is 19.9 Å². The summed E-state index contributed by atoms with van der Waals surface area (Å²) in [5.74, 6) is 0.163. The number of thioether (sulfide) groups is 1. The highest BCUT2D eigenvalue weighted by Gasteiger charge is 2.21. The van der Waals surface area contributed by atoms with E-state index in [0.717, 1.165) is 23.1 Å². The lowest BCUT2D eigenvalue weighted by Gasteiger charge is -2.15. The predicted octanol–water partition coefficient (Wildman–Crippen LogP) is 5.44. The van der Waals surface area contributed by atoms with Crippen LogP contribution in [0.4, 0.5) is 13.9 Å². The zero-order valence-corrected chi connectivity index (χ0v) is 21.3. The maximum Gasteiger partial charge on any atom is 0.263 e. The molecule has 0 saturated heterocycles. The van der Waals surface area contributed by atoms with Crippen LogP contribution in [-0.4, -0.2) is 32.8 Å². The van der Waals surface area contributed by atoms with E-state index in [1.165, 1.54) is 54.9 Å². The number of nitrogens with zero attached hydrogens (tertiary/aromatic N) is 4. The normalized spacial score (nSPS) is 11.1. The summed E-state index contributed by atoms with van der Waals surface area (Å²) < 4.78 is 33.9. The van der Waals surface area contributed by atoms with E-state index in [4.69, 9.17) is 16.3 Å². The molecule has 3 aromatic heterocycles. The molecule has 1 aromatic carbocycles. The molecule has 4 rings (SSSR count). The number of pyridine rings is 2. The minimum Gasteiger partial charge on any atom is -0.496 e.